The van der Waals surface area contributed by atoms with Gasteiger partial charge in [0.2, 0.25) is 0 Å². The van der Waals surface area contributed by atoms with E-state index in [-0.39, 0.29) is 0 Å². The molecule has 26 aromatic rings. The molecule has 6 heteroatoms. The summed E-state index contributed by atoms with van der Waals surface area (Å²) in [6.45, 7) is 0. The quantitative estimate of drug-likeness (QED) is 0.122. The number of hydrogen-bond acceptors (Lipinski definition) is 2. The average Bonchev–Trinajstić information content (AvgIpc) is 1.56. The third-order valence-corrected chi connectivity index (χ3v) is 25.9. The summed E-state index contributed by atoms with van der Waals surface area (Å²) in [6.07, 6.45) is 0. The molecular formula is C120H76N4O2. The Balaban J connectivity index is 0.000000137. The van der Waals surface area contributed by atoms with Crippen LogP contribution in [-0.4, -0.2) is 18.3 Å². The fourth-order valence-corrected chi connectivity index (χ4v) is 20.0. The summed E-state index contributed by atoms with van der Waals surface area (Å²) >= 11 is 0. The molecule has 6 aromatic heterocycles. The van der Waals surface area contributed by atoms with E-state index >= 15 is 0 Å². The van der Waals surface area contributed by atoms with Crippen LogP contribution in [0.5, 0.6) is 0 Å². The van der Waals surface area contributed by atoms with Crippen molar-refractivity contribution in [3.63, 3.8) is 0 Å². The van der Waals surface area contributed by atoms with E-state index in [2.05, 4.69) is 479 Å². The average molecular weight is 1610 g/mol. The molecule has 6 nitrogen and oxygen atoms in total. The molecular weight excluding hydrogens is 1530 g/mol. The van der Waals surface area contributed by atoms with Gasteiger partial charge in [0.15, 0.2) is 11.2 Å². The highest BCUT2D eigenvalue weighted by molar-refractivity contribution is 6.21. The zero-order valence-electron chi connectivity index (χ0n) is 68.5. The molecule has 0 amide bonds. The molecule has 588 valence electrons. The first-order valence-electron chi connectivity index (χ1n) is 43.2. The molecule has 0 saturated carbocycles. The lowest BCUT2D eigenvalue weighted by Gasteiger charge is -2.13. The van der Waals surface area contributed by atoms with Crippen LogP contribution in [0.25, 0.3) is 243 Å². The lowest BCUT2D eigenvalue weighted by atomic mass is 9.95. The molecule has 0 unspecified atom stereocenters. The Kier molecular flexibility index (Phi) is 16.9. The van der Waals surface area contributed by atoms with Crippen LogP contribution in [0.3, 0.4) is 0 Å². The van der Waals surface area contributed by atoms with Crippen molar-refractivity contribution in [3.05, 3.63) is 461 Å². The molecule has 0 spiro atoms. The predicted molar refractivity (Wildman–Crippen MR) is 528 cm³/mol. The summed E-state index contributed by atoms with van der Waals surface area (Å²) in [7, 11) is 0. The minimum absolute atomic E-state index is 0.877. The van der Waals surface area contributed by atoms with Crippen molar-refractivity contribution in [2.75, 3.05) is 0 Å². The van der Waals surface area contributed by atoms with E-state index in [1.54, 1.807) is 0 Å². The molecule has 6 heterocycles. The molecule has 0 saturated heterocycles. The molecule has 0 N–H and O–H groups in total. The van der Waals surface area contributed by atoms with Crippen LogP contribution >= 0.6 is 0 Å². The first-order chi connectivity index (χ1) is 62.5. The van der Waals surface area contributed by atoms with E-state index in [1.165, 1.54) is 132 Å². The highest BCUT2D eigenvalue weighted by Crippen LogP contribution is 2.48. The number of para-hydroxylation sites is 6. The number of fused-ring (bicyclic) bond motifs is 18. The van der Waals surface area contributed by atoms with Gasteiger partial charge >= 0.3 is 0 Å². The maximum Gasteiger partial charge on any atom is 0.160 e. The maximum atomic E-state index is 6.89. The molecule has 20 aromatic carbocycles. The Morgan fingerprint density at radius 2 is 0.413 bits per heavy atom. The molecule has 0 bridgehead atoms. The van der Waals surface area contributed by atoms with Gasteiger partial charge in [-0.25, -0.2) is 0 Å². The predicted octanol–water partition coefficient (Wildman–Crippen LogP) is 32.9. The van der Waals surface area contributed by atoms with E-state index in [1.807, 2.05) is 0 Å². The first kappa shape index (κ1) is 72.1. The first-order valence-corrected chi connectivity index (χ1v) is 43.2. The summed E-state index contributed by atoms with van der Waals surface area (Å²) in [5.74, 6) is 0. The van der Waals surface area contributed by atoms with Crippen LogP contribution in [0.2, 0.25) is 0 Å². The number of nitrogens with zero attached hydrogens (tertiary/aromatic N) is 4. The summed E-state index contributed by atoms with van der Waals surface area (Å²) < 4.78 is 23.3. The van der Waals surface area contributed by atoms with E-state index < -0.39 is 0 Å². The normalized spacial score (nSPS) is 11.8. The Hall–Kier alpha value is -16.8. The summed E-state index contributed by atoms with van der Waals surface area (Å²) in [5, 5.41) is 14.2. The van der Waals surface area contributed by atoms with E-state index in [9.17, 15) is 0 Å². The molecule has 0 aliphatic heterocycles. The van der Waals surface area contributed by atoms with Gasteiger partial charge in [0.1, 0.15) is 11.2 Å². The van der Waals surface area contributed by atoms with Gasteiger partial charge in [0.05, 0.1) is 55.5 Å². The van der Waals surface area contributed by atoms with Gasteiger partial charge in [0.25, 0.3) is 0 Å². The van der Waals surface area contributed by atoms with Crippen LogP contribution in [0.4, 0.5) is 0 Å². The lowest BCUT2D eigenvalue weighted by Crippen LogP contribution is -1.95. The second-order valence-electron chi connectivity index (χ2n) is 32.9. The second kappa shape index (κ2) is 29.5. The summed E-state index contributed by atoms with van der Waals surface area (Å²) in [5.41, 5.74) is 36.2. The van der Waals surface area contributed by atoms with Gasteiger partial charge < -0.3 is 27.1 Å². The van der Waals surface area contributed by atoms with E-state index in [0.717, 1.165) is 111 Å². The number of furan rings is 2. The van der Waals surface area contributed by atoms with Gasteiger partial charge in [-0.2, -0.15) is 0 Å². The van der Waals surface area contributed by atoms with Crippen molar-refractivity contribution in [1.82, 2.24) is 18.3 Å². The monoisotopic (exact) mass is 1600 g/mol. The number of aromatic nitrogens is 4. The zero-order valence-corrected chi connectivity index (χ0v) is 68.5. The topological polar surface area (TPSA) is 46.0 Å². The fraction of sp³-hybridized carbons (Fsp3) is 0. The highest BCUT2D eigenvalue weighted by Gasteiger charge is 2.26. The van der Waals surface area contributed by atoms with Gasteiger partial charge in [-0.15, -0.1) is 0 Å². The van der Waals surface area contributed by atoms with Gasteiger partial charge in [0, 0.05) is 76.0 Å². The molecule has 0 radical (unpaired) electrons. The van der Waals surface area contributed by atoms with Crippen molar-refractivity contribution in [2.24, 2.45) is 0 Å². The van der Waals surface area contributed by atoms with Crippen molar-refractivity contribution < 1.29 is 8.83 Å². The highest BCUT2D eigenvalue weighted by atomic mass is 16.3. The van der Waals surface area contributed by atoms with Gasteiger partial charge in [-0.1, -0.05) is 334 Å². The lowest BCUT2D eigenvalue weighted by molar-refractivity contribution is 0.666. The fourth-order valence-electron chi connectivity index (χ4n) is 20.0. The minimum atomic E-state index is 0.877. The third kappa shape index (κ3) is 11.9. The Labute approximate surface area is 726 Å². The number of benzene rings is 20. The van der Waals surface area contributed by atoms with Crippen molar-refractivity contribution in [3.8, 4) is 112 Å². The van der Waals surface area contributed by atoms with Crippen LogP contribution in [0.15, 0.2) is 470 Å². The van der Waals surface area contributed by atoms with Crippen molar-refractivity contribution >= 4 is 131 Å². The van der Waals surface area contributed by atoms with E-state index in [4.69, 9.17) is 8.83 Å². The number of hydrogen-bond donors (Lipinski definition) is 0. The SMILES string of the molecule is c1ccc(-c2ccc(-c3ccc(-n4c5ccccc5c5cc(-c6ccc7c(c6)c6ccccc6n7-c6cccc(-c7ccccc7)c6)ccc54)c4oc5ccccc5c34)cc2)cc1.c1ccc(-c2ccc(-n3c4ccccc4c4cc(-c5ccc6c(c5)c5ccccc5n6-c5ccc(-c6cccc(-c7ccccc7)c6)c6c5oc5ccccc56)ccc43)cc2)cc1. The minimum Gasteiger partial charge on any atom is -0.454 e. The maximum absolute atomic E-state index is 6.89. The summed E-state index contributed by atoms with van der Waals surface area (Å²) in [4.78, 5) is 0. The molecule has 26 rings (SSSR count). The Morgan fingerprint density at radius 3 is 0.833 bits per heavy atom. The molecule has 126 heavy (non-hydrogen) atoms. The summed E-state index contributed by atoms with van der Waals surface area (Å²) in [6, 6.07) is 167. The van der Waals surface area contributed by atoms with Crippen LogP contribution < -0.4 is 0 Å². The van der Waals surface area contributed by atoms with Crippen LogP contribution in [0, 0.1) is 0 Å². The largest absolute Gasteiger partial charge is 0.454 e. The van der Waals surface area contributed by atoms with Gasteiger partial charge in [-0.05, 0) is 216 Å². The zero-order chi connectivity index (χ0) is 82.9. The Morgan fingerprint density at radius 1 is 0.143 bits per heavy atom. The van der Waals surface area contributed by atoms with Crippen LogP contribution in [0.1, 0.15) is 0 Å². The molecule has 0 fully saturated rings. The standard InChI is InChI=1S/2C60H38N2O/c1-3-14-39(15-4-1)41-26-30-46(31-27-41)61-53-23-10-7-20-48(53)51-37-43(28-33-55(51)61)44-29-34-56-52(38-44)49-21-8-11-24-54(49)62(56)57-35-32-47(59-50-22-9-12-25-58(50)63-60(57)59)45-19-13-18-42(36-45)40-16-5-2-6-17-40;1-3-14-39(15-4-1)41-26-28-42(29-27-41)47-32-35-57(60-59(47)50-22-9-12-25-58(50)63-60)62-54-24-11-8-21-49(54)52-38-45(31-34-56(52)62)44-30-33-55-51(37-44)48-20-7-10-23-53(48)61(55)46-19-13-18-43(36-46)40-16-5-2-6-17-40/h2*1-38H. The van der Waals surface area contributed by atoms with Crippen LogP contribution in [-0.2, 0) is 0 Å². The van der Waals surface area contributed by atoms with E-state index in [0.29, 0.717) is 0 Å². The van der Waals surface area contributed by atoms with Crippen molar-refractivity contribution in [1.29, 1.82) is 0 Å². The molecule has 0 aliphatic carbocycles. The number of rotatable bonds is 12. The second-order valence-corrected chi connectivity index (χ2v) is 32.9. The van der Waals surface area contributed by atoms with Gasteiger partial charge in [-0.3, -0.25) is 0 Å². The molecule has 0 atom stereocenters. The molecule has 0 aliphatic rings. The smallest absolute Gasteiger partial charge is 0.160 e. The van der Waals surface area contributed by atoms with Crippen molar-refractivity contribution in [2.45, 2.75) is 0 Å². The Bertz CT molecular complexity index is 8810. The third-order valence-electron chi connectivity index (χ3n) is 25.9.